The van der Waals surface area contributed by atoms with Gasteiger partial charge in [0.15, 0.2) is 0 Å². The van der Waals surface area contributed by atoms with E-state index in [4.69, 9.17) is 11.6 Å². The Morgan fingerprint density at radius 3 is 2.82 bits per heavy atom. The number of benzene rings is 1. The summed E-state index contributed by atoms with van der Waals surface area (Å²) in [5, 5.41) is 2.59. The van der Waals surface area contributed by atoms with Crippen molar-refractivity contribution in [1.82, 2.24) is 10.4 Å². The summed E-state index contributed by atoms with van der Waals surface area (Å²) < 4.78 is 13.7. The summed E-state index contributed by atoms with van der Waals surface area (Å²) in [6.07, 6.45) is 0. The second kappa shape index (κ2) is 4.60. The molecule has 0 fully saturated rings. The Bertz CT molecular complexity index is 582. The molecule has 0 saturated heterocycles. The molecule has 0 atom stereocenters. The molecule has 0 aliphatic heterocycles. The number of fused-ring (bicyclic) bond motifs is 1. The second-order valence-electron chi connectivity index (χ2n) is 3.72. The van der Waals surface area contributed by atoms with Gasteiger partial charge in [-0.1, -0.05) is 11.6 Å². The molecule has 6 heteroatoms. The third kappa shape index (κ3) is 2.41. The first-order chi connectivity index (χ1) is 7.99. The maximum atomic E-state index is 13.0. The lowest BCUT2D eigenvalue weighted by molar-refractivity contribution is 0.0861. The van der Waals surface area contributed by atoms with Crippen LogP contribution in [0, 0.1) is 5.82 Å². The minimum Gasteiger partial charge on any atom is -0.285 e. The average molecular weight is 273 g/mol. The summed E-state index contributed by atoms with van der Waals surface area (Å²) in [4.78, 5) is 12.2. The summed E-state index contributed by atoms with van der Waals surface area (Å²) in [5.74, 6) is -0.628. The minimum absolute atomic E-state index is 0.290. The van der Waals surface area contributed by atoms with Crippen LogP contribution in [0.15, 0.2) is 18.2 Å². The monoisotopic (exact) mass is 272 g/mol. The summed E-state index contributed by atoms with van der Waals surface area (Å²) in [6, 6.07) is 4.28. The highest BCUT2D eigenvalue weighted by atomic mass is 35.5. The molecule has 0 saturated carbocycles. The molecule has 2 rings (SSSR count). The van der Waals surface area contributed by atoms with Crippen LogP contribution < -0.4 is 5.43 Å². The van der Waals surface area contributed by atoms with E-state index in [0.717, 1.165) is 0 Å². The molecule has 17 heavy (non-hydrogen) atoms. The van der Waals surface area contributed by atoms with Gasteiger partial charge in [0.1, 0.15) is 10.7 Å². The maximum Gasteiger partial charge on any atom is 0.277 e. The van der Waals surface area contributed by atoms with Crippen molar-refractivity contribution in [2.45, 2.75) is 0 Å². The molecule has 0 bridgehead atoms. The van der Waals surface area contributed by atoms with Crippen molar-refractivity contribution in [2.24, 2.45) is 0 Å². The summed E-state index contributed by atoms with van der Waals surface area (Å²) in [7, 11) is 3.41. The van der Waals surface area contributed by atoms with E-state index in [-0.39, 0.29) is 11.7 Å². The SMILES string of the molecule is CN(C)NC(=O)c1sc2cc(F)ccc2c1Cl. The topological polar surface area (TPSA) is 32.3 Å². The van der Waals surface area contributed by atoms with Gasteiger partial charge >= 0.3 is 0 Å². The summed E-state index contributed by atoms with van der Waals surface area (Å²) >= 11 is 7.27. The Kier molecular flexibility index (Phi) is 3.33. The van der Waals surface area contributed by atoms with Gasteiger partial charge in [-0.15, -0.1) is 11.3 Å². The highest BCUT2D eigenvalue weighted by Gasteiger charge is 2.17. The van der Waals surface area contributed by atoms with E-state index in [1.165, 1.54) is 28.5 Å². The van der Waals surface area contributed by atoms with Gasteiger partial charge < -0.3 is 0 Å². The molecule has 1 amide bonds. The van der Waals surface area contributed by atoms with Crippen LogP contribution in [0.5, 0.6) is 0 Å². The van der Waals surface area contributed by atoms with E-state index in [9.17, 15) is 9.18 Å². The first-order valence-corrected chi connectivity index (χ1v) is 6.04. The standard InChI is InChI=1S/C11H10ClFN2OS/c1-15(2)14-11(16)10-9(12)7-4-3-6(13)5-8(7)17-10/h3-5H,1-2H3,(H,14,16). The van der Waals surface area contributed by atoms with Crippen LogP contribution in [0.3, 0.4) is 0 Å². The van der Waals surface area contributed by atoms with E-state index in [1.54, 1.807) is 20.2 Å². The van der Waals surface area contributed by atoms with Crippen LogP contribution in [0.25, 0.3) is 10.1 Å². The summed E-state index contributed by atoms with van der Waals surface area (Å²) in [6.45, 7) is 0. The predicted molar refractivity (Wildman–Crippen MR) is 67.9 cm³/mol. The zero-order chi connectivity index (χ0) is 12.6. The second-order valence-corrected chi connectivity index (χ2v) is 5.15. The number of nitrogens with zero attached hydrogens (tertiary/aromatic N) is 1. The minimum atomic E-state index is -0.338. The Morgan fingerprint density at radius 2 is 2.18 bits per heavy atom. The lowest BCUT2D eigenvalue weighted by Gasteiger charge is -2.10. The van der Waals surface area contributed by atoms with E-state index in [2.05, 4.69) is 5.43 Å². The highest BCUT2D eigenvalue weighted by molar-refractivity contribution is 7.21. The number of carbonyl (C=O) groups excluding carboxylic acids is 1. The molecule has 0 radical (unpaired) electrons. The van der Waals surface area contributed by atoms with Crippen molar-refractivity contribution >= 4 is 38.9 Å². The van der Waals surface area contributed by atoms with Crippen molar-refractivity contribution < 1.29 is 9.18 Å². The van der Waals surface area contributed by atoms with Gasteiger partial charge in [0.2, 0.25) is 0 Å². The molecule has 0 aliphatic rings. The molecule has 2 aromatic rings. The van der Waals surface area contributed by atoms with Crippen LogP contribution in [0.2, 0.25) is 5.02 Å². The highest BCUT2D eigenvalue weighted by Crippen LogP contribution is 2.35. The molecule has 0 unspecified atom stereocenters. The number of thiophene rings is 1. The first kappa shape index (κ1) is 12.3. The van der Waals surface area contributed by atoms with Crippen molar-refractivity contribution in [3.05, 3.63) is 33.9 Å². The Hall–Kier alpha value is -1.17. The average Bonchev–Trinajstić information content (AvgIpc) is 2.54. The smallest absolute Gasteiger partial charge is 0.277 e. The van der Waals surface area contributed by atoms with Crippen molar-refractivity contribution in [3.63, 3.8) is 0 Å². The fraction of sp³-hybridized carbons (Fsp3) is 0.182. The largest absolute Gasteiger partial charge is 0.285 e. The van der Waals surface area contributed by atoms with Gasteiger partial charge in [0.05, 0.1) is 5.02 Å². The van der Waals surface area contributed by atoms with Gasteiger partial charge in [0, 0.05) is 24.2 Å². The van der Waals surface area contributed by atoms with Gasteiger partial charge in [-0.2, -0.15) is 0 Å². The number of rotatable bonds is 2. The molecule has 1 aromatic carbocycles. The molecule has 1 aromatic heterocycles. The molecule has 90 valence electrons. The number of amides is 1. The van der Waals surface area contributed by atoms with E-state index in [1.807, 2.05) is 0 Å². The van der Waals surface area contributed by atoms with E-state index in [0.29, 0.717) is 20.0 Å². The number of hydrogen-bond acceptors (Lipinski definition) is 3. The van der Waals surface area contributed by atoms with Crippen molar-refractivity contribution in [2.75, 3.05) is 14.1 Å². The lowest BCUT2D eigenvalue weighted by Crippen LogP contribution is -2.35. The number of hydrazine groups is 1. The zero-order valence-corrected chi connectivity index (χ0v) is 10.8. The van der Waals surface area contributed by atoms with Crippen LogP contribution >= 0.6 is 22.9 Å². The number of carbonyl (C=O) groups is 1. The van der Waals surface area contributed by atoms with Gasteiger partial charge in [-0.25, -0.2) is 9.40 Å². The molecule has 1 N–H and O–H groups in total. The molecular formula is C11H10ClFN2OS. The Morgan fingerprint density at radius 1 is 1.47 bits per heavy atom. The fourth-order valence-electron chi connectivity index (χ4n) is 1.44. The number of nitrogens with one attached hydrogen (secondary N) is 1. The van der Waals surface area contributed by atoms with Crippen LogP contribution in [0.1, 0.15) is 9.67 Å². The number of hydrogen-bond donors (Lipinski definition) is 1. The van der Waals surface area contributed by atoms with Crippen LogP contribution in [-0.4, -0.2) is 25.0 Å². The molecular weight excluding hydrogens is 263 g/mol. The normalized spacial score (nSPS) is 11.1. The van der Waals surface area contributed by atoms with Gasteiger partial charge in [-0.05, 0) is 18.2 Å². The Labute approximate surface area is 107 Å². The fourth-order valence-corrected chi connectivity index (χ4v) is 2.87. The Balaban J connectivity index is 2.48. The summed E-state index contributed by atoms with van der Waals surface area (Å²) in [5.41, 5.74) is 2.60. The molecule has 3 nitrogen and oxygen atoms in total. The molecule has 0 aliphatic carbocycles. The predicted octanol–water partition coefficient (Wildman–Crippen LogP) is 2.90. The maximum absolute atomic E-state index is 13.0. The third-order valence-electron chi connectivity index (χ3n) is 2.12. The van der Waals surface area contributed by atoms with Crippen molar-refractivity contribution in [3.8, 4) is 0 Å². The van der Waals surface area contributed by atoms with Crippen molar-refractivity contribution in [1.29, 1.82) is 0 Å². The number of halogens is 2. The van der Waals surface area contributed by atoms with Gasteiger partial charge in [0.25, 0.3) is 5.91 Å². The lowest BCUT2D eigenvalue weighted by atomic mass is 10.2. The first-order valence-electron chi connectivity index (χ1n) is 4.85. The third-order valence-corrected chi connectivity index (χ3v) is 3.78. The molecule has 0 spiro atoms. The van der Waals surface area contributed by atoms with Gasteiger partial charge in [-0.3, -0.25) is 10.2 Å². The quantitative estimate of drug-likeness (QED) is 0.853. The van der Waals surface area contributed by atoms with Crippen LogP contribution in [0.4, 0.5) is 4.39 Å². The molecule has 1 heterocycles. The van der Waals surface area contributed by atoms with E-state index >= 15 is 0 Å². The van der Waals surface area contributed by atoms with Crippen LogP contribution in [-0.2, 0) is 0 Å². The zero-order valence-electron chi connectivity index (χ0n) is 9.25. The van der Waals surface area contributed by atoms with E-state index < -0.39 is 0 Å².